The lowest BCUT2D eigenvalue weighted by molar-refractivity contribution is -0.138. The van der Waals surface area contributed by atoms with Gasteiger partial charge in [-0.2, -0.15) is 0 Å². The average molecular weight is 274 g/mol. The number of carbonyl (C=O) groups is 1. The Kier molecular flexibility index (Phi) is 4.03. The number of morpholine rings is 1. The molecule has 1 N–H and O–H groups in total. The summed E-state index contributed by atoms with van der Waals surface area (Å²) in [5.74, 6) is 0.0569. The lowest BCUT2D eigenvalue weighted by Gasteiger charge is -2.32. The number of nitrogens with zero attached hydrogens (tertiary/aromatic N) is 1. The van der Waals surface area contributed by atoms with E-state index in [1.165, 1.54) is 11.1 Å². The molecule has 4 heteroatoms. The quantitative estimate of drug-likeness (QED) is 0.904. The molecule has 0 bridgehead atoms. The second-order valence-corrected chi connectivity index (χ2v) is 5.87. The van der Waals surface area contributed by atoms with E-state index in [-0.39, 0.29) is 12.0 Å². The molecule has 4 nitrogen and oxygen atoms in total. The maximum Gasteiger partial charge on any atom is 0.250 e. The van der Waals surface area contributed by atoms with Crippen molar-refractivity contribution >= 4 is 5.91 Å². The topological polar surface area (TPSA) is 41.6 Å². The van der Waals surface area contributed by atoms with Gasteiger partial charge in [0.05, 0.1) is 6.61 Å². The Morgan fingerprint density at radius 2 is 2.30 bits per heavy atom. The van der Waals surface area contributed by atoms with Gasteiger partial charge in [0.15, 0.2) is 0 Å². The highest BCUT2D eigenvalue weighted by molar-refractivity contribution is 5.81. The van der Waals surface area contributed by atoms with E-state index in [0.29, 0.717) is 19.2 Å². The number of hydrogen-bond donors (Lipinski definition) is 1. The number of aryl methyl sites for hydroxylation is 1. The molecule has 0 spiro atoms. The maximum absolute atomic E-state index is 12.0. The fourth-order valence-electron chi connectivity index (χ4n) is 2.60. The number of ether oxygens (including phenoxy) is 1. The smallest absolute Gasteiger partial charge is 0.250 e. The van der Waals surface area contributed by atoms with Crippen LogP contribution < -0.4 is 5.32 Å². The van der Waals surface area contributed by atoms with Gasteiger partial charge < -0.3 is 10.1 Å². The number of amides is 1. The Balaban J connectivity index is 1.55. The van der Waals surface area contributed by atoms with Gasteiger partial charge in [-0.15, -0.1) is 0 Å². The fourth-order valence-corrected chi connectivity index (χ4v) is 2.60. The van der Waals surface area contributed by atoms with Gasteiger partial charge in [0.25, 0.3) is 5.91 Å². The van der Waals surface area contributed by atoms with Gasteiger partial charge >= 0.3 is 0 Å². The molecule has 1 atom stereocenters. The van der Waals surface area contributed by atoms with E-state index in [2.05, 4.69) is 41.4 Å². The van der Waals surface area contributed by atoms with Crippen LogP contribution >= 0.6 is 0 Å². The predicted molar refractivity (Wildman–Crippen MR) is 77.4 cm³/mol. The maximum atomic E-state index is 12.0. The van der Waals surface area contributed by atoms with E-state index >= 15 is 0 Å². The monoisotopic (exact) mass is 274 g/mol. The molecular formula is C16H22N2O2. The first-order valence-electron chi connectivity index (χ1n) is 7.40. The summed E-state index contributed by atoms with van der Waals surface area (Å²) in [7, 11) is 0. The molecule has 20 heavy (non-hydrogen) atoms. The van der Waals surface area contributed by atoms with Crippen LogP contribution in [-0.2, 0) is 16.1 Å². The highest BCUT2D eigenvalue weighted by atomic mass is 16.5. The van der Waals surface area contributed by atoms with Gasteiger partial charge in [-0.25, -0.2) is 0 Å². The summed E-state index contributed by atoms with van der Waals surface area (Å²) in [5.41, 5.74) is 2.58. The molecular weight excluding hydrogens is 252 g/mol. The van der Waals surface area contributed by atoms with E-state index in [9.17, 15) is 4.79 Å². The Labute approximate surface area is 120 Å². The van der Waals surface area contributed by atoms with E-state index in [1.807, 2.05) is 0 Å². The molecule has 1 aliphatic carbocycles. The van der Waals surface area contributed by atoms with Gasteiger partial charge in [-0.1, -0.05) is 29.8 Å². The SMILES string of the molecule is Cc1cccc(CN2CCOC(C(=O)NC3CC3)C2)c1. The molecule has 0 radical (unpaired) electrons. The van der Waals surface area contributed by atoms with Gasteiger partial charge in [-0.05, 0) is 25.3 Å². The first-order valence-corrected chi connectivity index (χ1v) is 7.40. The van der Waals surface area contributed by atoms with Crippen LogP contribution in [0.5, 0.6) is 0 Å². The normalized spacial score (nSPS) is 23.6. The van der Waals surface area contributed by atoms with Crippen molar-refractivity contribution in [2.24, 2.45) is 0 Å². The zero-order valence-electron chi connectivity index (χ0n) is 12.0. The molecule has 1 amide bonds. The lowest BCUT2D eigenvalue weighted by atomic mass is 10.1. The molecule has 108 valence electrons. The molecule has 1 saturated carbocycles. The second-order valence-electron chi connectivity index (χ2n) is 5.87. The zero-order valence-corrected chi connectivity index (χ0v) is 12.0. The third kappa shape index (κ3) is 3.58. The van der Waals surface area contributed by atoms with E-state index in [4.69, 9.17) is 4.74 Å². The minimum absolute atomic E-state index is 0.0569. The minimum Gasteiger partial charge on any atom is -0.366 e. The van der Waals surface area contributed by atoms with Crippen molar-refractivity contribution in [1.29, 1.82) is 0 Å². The van der Waals surface area contributed by atoms with Crippen LogP contribution in [0.2, 0.25) is 0 Å². The number of nitrogens with one attached hydrogen (secondary N) is 1. The van der Waals surface area contributed by atoms with Gasteiger partial charge in [0.2, 0.25) is 0 Å². The van der Waals surface area contributed by atoms with Crippen LogP contribution in [0.4, 0.5) is 0 Å². The summed E-state index contributed by atoms with van der Waals surface area (Å²) < 4.78 is 5.61. The number of carbonyl (C=O) groups excluding carboxylic acids is 1. The summed E-state index contributed by atoms with van der Waals surface area (Å²) in [6, 6.07) is 8.94. The molecule has 1 aromatic carbocycles. The van der Waals surface area contributed by atoms with Crippen molar-refractivity contribution in [1.82, 2.24) is 10.2 Å². The molecule has 0 aromatic heterocycles. The molecule has 1 aromatic rings. The fraction of sp³-hybridized carbons (Fsp3) is 0.562. The minimum atomic E-state index is -0.311. The van der Waals surface area contributed by atoms with Crippen LogP contribution in [0.1, 0.15) is 24.0 Å². The molecule has 1 aliphatic heterocycles. The third-order valence-corrected chi connectivity index (χ3v) is 3.86. The van der Waals surface area contributed by atoms with Crippen molar-refractivity contribution < 1.29 is 9.53 Å². The molecule has 3 rings (SSSR count). The highest BCUT2D eigenvalue weighted by Crippen LogP contribution is 2.19. The van der Waals surface area contributed by atoms with Crippen molar-refractivity contribution in [2.75, 3.05) is 19.7 Å². The van der Waals surface area contributed by atoms with Crippen molar-refractivity contribution in [3.63, 3.8) is 0 Å². The second kappa shape index (κ2) is 5.94. The van der Waals surface area contributed by atoms with Crippen LogP contribution in [0.15, 0.2) is 24.3 Å². The average Bonchev–Trinajstić information content (AvgIpc) is 3.23. The van der Waals surface area contributed by atoms with Gasteiger partial charge in [0, 0.05) is 25.7 Å². The Morgan fingerprint density at radius 3 is 3.05 bits per heavy atom. The summed E-state index contributed by atoms with van der Waals surface area (Å²) in [6.07, 6.45) is 1.92. The van der Waals surface area contributed by atoms with Gasteiger partial charge in [0.1, 0.15) is 6.10 Å². The molecule has 2 fully saturated rings. The zero-order chi connectivity index (χ0) is 13.9. The Hall–Kier alpha value is -1.39. The van der Waals surface area contributed by atoms with E-state index < -0.39 is 0 Å². The van der Waals surface area contributed by atoms with E-state index in [1.54, 1.807) is 0 Å². The first-order chi connectivity index (χ1) is 9.70. The van der Waals surface area contributed by atoms with Gasteiger partial charge in [-0.3, -0.25) is 9.69 Å². The lowest BCUT2D eigenvalue weighted by Crippen LogP contribution is -2.49. The van der Waals surface area contributed by atoms with Crippen LogP contribution in [0.3, 0.4) is 0 Å². The van der Waals surface area contributed by atoms with Crippen molar-refractivity contribution in [2.45, 2.75) is 38.5 Å². The van der Waals surface area contributed by atoms with E-state index in [0.717, 1.165) is 25.9 Å². The highest BCUT2D eigenvalue weighted by Gasteiger charge is 2.31. The molecule has 1 unspecified atom stereocenters. The number of rotatable bonds is 4. The number of benzene rings is 1. The van der Waals surface area contributed by atoms with Crippen LogP contribution in [-0.4, -0.2) is 42.6 Å². The summed E-state index contributed by atoms with van der Waals surface area (Å²) in [6.45, 7) is 5.20. The summed E-state index contributed by atoms with van der Waals surface area (Å²) >= 11 is 0. The largest absolute Gasteiger partial charge is 0.366 e. The van der Waals surface area contributed by atoms with Crippen LogP contribution in [0.25, 0.3) is 0 Å². The molecule has 2 aliphatic rings. The molecule has 1 saturated heterocycles. The summed E-state index contributed by atoms with van der Waals surface area (Å²) in [5, 5.41) is 3.03. The predicted octanol–water partition coefficient (Wildman–Crippen LogP) is 1.47. The summed E-state index contributed by atoms with van der Waals surface area (Å²) in [4.78, 5) is 14.3. The van der Waals surface area contributed by atoms with Crippen LogP contribution in [0, 0.1) is 6.92 Å². The third-order valence-electron chi connectivity index (χ3n) is 3.86. The molecule has 1 heterocycles. The standard InChI is InChI=1S/C16H22N2O2/c1-12-3-2-4-13(9-12)10-18-7-8-20-15(11-18)16(19)17-14-5-6-14/h2-4,9,14-15H,5-8,10-11H2,1H3,(H,17,19). The van der Waals surface area contributed by atoms with Crippen molar-refractivity contribution in [3.8, 4) is 0 Å². The number of hydrogen-bond acceptors (Lipinski definition) is 3. The Bertz CT molecular complexity index is 485. The first kappa shape index (κ1) is 13.6. The van der Waals surface area contributed by atoms with Crippen molar-refractivity contribution in [3.05, 3.63) is 35.4 Å². The Morgan fingerprint density at radius 1 is 1.45 bits per heavy atom.